The lowest BCUT2D eigenvalue weighted by molar-refractivity contribution is -0.173. The Morgan fingerprint density at radius 2 is 1.95 bits per heavy atom. The van der Waals surface area contributed by atoms with E-state index in [9.17, 15) is 31.1 Å². The van der Waals surface area contributed by atoms with Gasteiger partial charge in [-0.2, -0.15) is 26.3 Å². The van der Waals surface area contributed by atoms with Crippen LogP contribution in [0.3, 0.4) is 0 Å². The van der Waals surface area contributed by atoms with Crippen molar-refractivity contribution >= 4 is 11.6 Å². The van der Waals surface area contributed by atoms with E-state index in [0.717, 1.165) is 18.2 Å². The largest absolute Gasteiger partial charge is 0.489 e. The van der Waals surface area contributed by atoms with Crippen LogP contribution in [0.5, 0.6) is 5.75 Å². The highest BCUT2D eigenvalue weighted by atomic mass is 19.4. The van der Waals surface area contributed by atoms with Gasteiger partial charge in [0, 0.05) is 6.54 Å². The number of halogens is 6. The molecule has 1 unspecified atom stereocenters. The van der Waals surface area contributed by atoms with Gasteiger partial charge in [-0.1, -0.05) is 0 Å². The fourth-order valence-corrected chi connectivity index (χ4v) is 1.82. The third-order valence-corrected chi connectivity index (χ3v) is 2.87. The van der Waals surface area contributed by atoms with Gasteiger partial charge in [0.25, 0.3) is 0 Å². The zero-order valence-electron chi connectivity index (χ0n) is 10.8. The van der Waals surface area contributed by atoms with E-state index in [1.165, 1.54) is 0 Å². The first-order chi connectivity index (χ1) is 10.1. The highest BCUT2D eigenvalue weighted by Crippen LogP contribution is 2.36. The second-order valence-corrected chi connectivity index (χ2v) is 4.57. The third-order valence-electron chi connectivity index (χ3n) is 2.87. The second kappa shape index (κ2) is 5.58. The molecule has 1 aliphatic rings. The fraction of sp³-hybridized carbons (Fsp3) is 0.417. The molecule has 1 aromatic rings. The van der Waals surface area contributed by atoms with Gasteiger partial charge in [-0.3, -0.25) is 4.79 Å². The van der Waals surface area contributed by atoms with Crippen LogP contribution in [0.4, 0.5) is 32.0 Å². The summed E-state index contributed by atoms with van der Waals surface area (Å²) in [6, 6.07) is 1.98. The maximum Gasteiger partial charge on any atom is 0.471 e. The maximum absolute atomic E-state index is 12.6. The van der Waals surface area contributed by atoms with Gasteiger partial charge in [0.2, 0.25) is 0 Å². The number of fused-ring (bicyclic) bond motifs is 1. The molecule has 2 rings (SSSR count). The van der Waals surface area contributed by atoms with Crippen LogP contribution in [-0.2, 0) is 11.0 Å². The van der Waals surface area contributed by atoms with E-state index in [2.05, 4.69) is 5.32 Å². The van der Waals surface area contributed by atoms with E-state index in [1.54, 1.807) is 5.32 Å². The van der Waals surface area contributed by atoms with Crippen LogP contribution in [0, 0.1) is 0 Å². The van der Waals surface area contributed by atoms with Gasteiger partial charge in [0.1, 0.15) is 12.4 Å². The van der Waals surface area contributed by atoms with Gasteiger partial charge in [-0.15, -0.1) is 0 Å². The molecule has 22 heavy (non-hydrogen) atoms. The fourth-order valence-electron chi connectivity index (χ4n) is 1.82. The Balaban J connectivity index is 2.03. The van der Waals surface area contributed by atoms with Crippen molar-refractivity contribution in [2.75, 3.05) is 18.5 Å². The van der Waals surface area contributed by atoms with Gasteiger partial charge in [-0.25, -0.2) is 0 Å². The molecule has 1 atom stereocenters. The van der Waals surface area contributed by atoms with Gasteiger partial charge < -0.3 is 15.4 Å². The number of carbonyl (C=O) groups excluding carboxylic acids is 1. The lowest BCUT2D eigenvalue weighted by Crippen LogP contribution is -2.46. The molecular formula is C12H10F6N2O2. The number of rotatable bonds is 2. The smallest absolute Gasteiger partial charge is 0.471 e. The molecule has 0 bridgehead atoms. The van der Waals surface area contributed by atoms with Crippen molar-refractivity contribution in [1.29, 1.82) is 0 Å². The van der Waals surface area contributed by atoms with Crippen LogP contribution >= 0.6 is 0 Å². The number of nitrogens with one attached hydrogen (secondary N) is 2. The lowest BCUT2D eigenvalue weighted by Gasteiger charge is -2.28. The minimum atomic E-state index is -5.02. The van der Waals surface area contributed by atoms with Gasteiger partial charge in [0.05, 0.1) is 17.3 Å². The first-order valence-electron chi connectivity index (χ1n) is 6.03. The Morgan fingerprint density at radius 1 is 1.27 bits per heavy atom. The highest BCUT2D eigenvalue weighted by molar-refractivity contribution is 5.81. The lowest BCUT2D eigenvalue weighted by atomic mass is 10.1. The Morgan fingerprint density at radius 3 is 2.55 bits per heavy atom. The van der Waals surface area contributed by atoms with Gasteiger partial charge >= 0.3 is 18.3 Å². The Labute approximate surface area is 120 Å². The first kappa shape index (κ1) is 16.2. The average molecular weight is 328 g/mol. The molecule has 1 amide bonds. The predicted molar refractivity (Wildman–Crippen MR) is 63.4 cm³/mol. The van der Waals surface area contributed by atoms with Crippen molar-refractivity contribution in [2.45, 2.75) is 18.4 Å². The topological polar surface area (TPSA) is 50.4 Å². The molecule has 0 aromatic heterocycles. The van der Waals surface area contributed by atoms with Crippen LogP contribution < -0.4 is 15.4 Å². The Hall–Kier alpha value is -2.13. The molecule has 0 saturated heterocycles. The van der Waals surface area contributed by atoms with Crippen molar-refractivity contribution in [2.24, 2.45) is 0 Å². The molecular weight excluding hydrogens is 318 g/mol. The molecule has 0 aliphatic carbocycles. The number of anilines is 1. The van der Waals surface area contributed by atoms with E-state index in [4.69, 9.17) is 4.74 Å². The van der Waals surface area contributed by atoms with Gasteiger partial charge in [-0.05, 0) is 18.2 Å². The van der Waals surface area contributed by atoms with Crippen LogP contribution in [0.2, 0.25) is 0 Å². The number of alkyl halides is 6. The van der Waals surface area contributed by atoms with Crippen LogP contribution in [0.1, 0.15) is 5.56 Å². The van der Waals surface area contributed by atoms with E-state index in [0.29, 0.717) is 0 Å². The highest BCUT2D eigenvalue weighted by Gasteiger charge is 2.39. The molecule has 1 aliphatic heterocycles. The molecule has 1 aromatic carbocycles. The summed E-state index contributed by atoms with van der Waals surface area (Å²) in [5, 5.41) is 4.25. The summed E-state index contributed by atoms with van der Waals surface area (Å²) in [6.45, 7) is -0.523. The van der Waals surface area contributed by atoms with E-state index in [1.807, 2.05) is 0 Å². The molecule has 0 radical (unpaired) electrons. The molecule has 1 heterocycles. The summed E-state index contributed by atoms with van der Waals surface area (Å²) in [5.74, 6) is -1.96. The van der Waals surface area contributed by atoms with Crippen LogP contribution in [0.15, 0.2) is 18.2 Å². The van der Waals surface area contributed by atoms with Crippen molar-refractivity contribution in [3.05, 3.63) is 23.8 Å². The Bertz CT molecular complexity index is 570. The maximum atomic E-state index is 12.6. The summed E-state index contributed by atoms with van der Waals surface area (Å²) >= 11 is 0. The summed E-state index contributed by atoms with van der Waals surface area (Å²) in [5.41, 5.74) is -0.908. The number of benzene rings is 1. The molecule has 2 N–H and O–H groups in total. The minimum Gasteiger partial charge on any atom is -0.489 e. The summed E-state index contributed by atoms with van der Waals surface area (Å²) < 4.78 is 79.0. The normalized spacial score (nSPS) is 18.0. The summed E-state index contributed by atoms with van der Waals surface area (Å²) in [6.07, 6.45) is -9.56. The minimum absolute atomic E-state index is 0.00679. The van der Waals surface area contributed by atoms with Crippen molar-refractivity contribution in [1.82, 2.24) is 5.32 Å². The molecule has 10 heteroatoms. The molecule has 0 spiro atoms. The summed E-state index contributed by atoms with van der Waals surface area (Å²) in [4.78, 5) is 10.7. The Kier molecular flexibility index (Phi) is 4.12. The van der Waals surface area contributed by atoms with Crippen molar-refractivity contribution in [3.63, 3.8) is 0 Å². The number of carbonyl (C=O) groups is 1. The molecule has 4 nitrogen and oxygen atoms in total. The monoisotopic (exact) mass is 328 g/mol. The van der Waals surface area contributed by atoms with Crippen molar-refractivity contribution in [3.8, 4) is 5.75 Å². The van der Waals surface area contributed by atoms with Gasteiger partial charge in [0.15, 0.2) is 0 Å². The zero-order valence-corrected chi connectivity index (χ0v) is 10.8. The van der Waals surface area contributed by atoms with E-state index < -0.39 is 36.4 Å². The van der Waals surface area contributed by atoms with Crippen LogP contribution in [0.25, 0.3) is 0 Å². The number of hydrogen-bond donors (Lipinski definition) is 2. The number of ether oxygens (including phenoxy) is 1. The third kappa shape index (κ3) is 3.74. The molecule has 122 valence electrons. The standard InChI is InChI=1S/C12H10F6N2O2/c13-11(14,15)6-1-2-9-8(3-6)20-7(5-22-9)4-19-10(21)12(16,17)18/h1-3,7,20H,4-5H2,(H,19,21). The molecule has 0 saturated carbocycles. The summed E-state index contributed by atoms with van der Waals surface area (Å²) in [7, 11) is 0. The van der Waals surface area contributed by atoms with E-state index >= 15 is 0 Å². The molecule has 0 fully saturated rings. The quantitative estimate of drug-likeness (QED) is 0.821. The SMILES string of the molecule is O=C(NCC1COc2ccc(C(F)(F)F)cc2N1)C(F)(F)F. The number of hydrogen-bond acceptors (Lipinski definition) is 3. The van der Waals surface area contributed by atoms with E-state index in [-0.39, 0.29) is 18.0 Å². The second-order valence-electron chi connectivity index (χ2n) is 4.57. The average Bonchev–Trinajstić information content (AvgIpc) is 2.41. The zero-order chi connectivity index (χ0) is 16.5. The predicted octanol–water partition coefficient (Wildman–Crippen LogP) is 2.56. The first-order valence-corrected chi connectivity index (χ1v) is 6.03. The van der Waals surface area contributed by atoms with Crippen molar-refractivity contribution < 1.29 is 35.9 Å². The number of amides is 1. The van der Waals surface area contributed by atoms with Crippen LogP contribution in [-0.4, -0.2) is 31.3 Å².